The Morgan fingerprint density at radius 3 is 2.69 bits per heavy atom. The fourth-order valence-electron chi connectivity index (χ4n) is 3.40. The lowest BCUT2D eigenvalue weighted by molar-refractivity contribution is -0.116. The van der Waals surface area contributed by atoms with Crippen molar-refractivity contribution in [1.82, 2.24) is 9.88 Å². The predicted octanol–water partition coefficient (Wildman–Crippen LogP) is 3.70. The van der Waals surface area contributed by atoms with Crippen LogP contribution in [0.2, 0.25) is 0 Å². The molecule has 1 aromatic heterocycles. The van der Waals surface area contributed by atoms with Crippen molar-refractivity contribution in [3.63, 3.8) is 0 Å². The number of hydrogen-bond acceptors (Lipinski definition) is 3. The number of aromatic nitrogens is 1. The third-order valence-corrected chi connectivity index (χ3v) is 4.76. The van der Waals surface area contributed by atoms with E-state index < -0.39 is 17.7 Å². The molecule has 0 unspecified atom stereocenters. The van der Waals surface area contributed by atoms with Gasteiger partial charge in [-0.05, 0) is 31.2 Å². The molecule has 0 atom stereocenters. The van der Waals surface area contributed by atoms with E-state index in [1.807, 2.05) is 31.2 Å². The van der Waals surface area contributed by atoms with Crippen LogP contribution in [0, 0.1) is 18.6 Å². The molecule has 1 aliphatic rings. The predicted molar refractivity (Wildman–Crippen MR) is 106 cm³/mol. The van der Waals surface area contributed by atoms with Crippen LogP contribution in [-0.4, -0.2) is 41.5 Å². The van der Waals surface area contributed by atoms with Crippen LogP contribution in [0.15, 0.2) is 48.5 Å². The third kappa shape index (κ3) is 3.73. The first-order valence-electron chi connectivity index (χ1n) is 9.10. The fourth-order valence-corrected chi connectivity index (χ4v) is 3.40. The molecule has 2 aromatic carbocycles. The van der Waals surface area contributed by atoms with E-state index in [1.165, 1.54) is 15.9 Å². The largest absolute Gasteiger partial charge is 0.325 e. The number of anilines is 2. The Hall–Kier alpha value is -3.55. The lowest BCUT2D eigenvalue weighted by atomic mass is 10.1. The first-order valence-corrected chi connectivity index (χ1v) is 9.10. The molecule has 148 valence electrons. The number of aryl methyl sites for hydroxylation is 1. The van der Waals surface area contributed by atoms with Crippen LogP contribution in [0.4, 0.5) is 25.0 Å². The molecule has 0 radical (unpaired) electrons. The van der Waals surface area contributed by atoms with Gasteiger partial charge in [0.15, 0.2) is 11.6 Å². The van der Waals surface area contributed by atoms with Crippen LogP contribution in [0.5, 0.6) is 0 Å². The van der Waals surface area contributed by atoms with E-state index in [2.05, 4.69) is 10.3 Å². The summed E-state index contributed by atoms with van der Waals surface area (Å²) in [5.74, 6) is -2.34. The van der Waals surface area contributed by atoms with Crippen molar-refractivity contribution in [2.75, 3.05) is 29.9 Å². The topological polar surface area (TPSA) is 65.5 Å². The molecule has 1 saturated heterocycles. The number of fused-ring (bicyclic) bond motifs is 1. The summed E-state index contributed by atoms with van der Waals surface area (Å²) in [6, 6.07) is 12.1. The number of carbonyl (C=O) groups is 2. The molecule has 0 saturated carbocycles. The summed E-state index contributed by atoms with van der Waals surface area (Å²) in [5.41, 5.74) is 2.42. The van der Waals surface area contributed by atoms with Gasteiger partial charge in [-0.3, -0.25) is 14.7 Å². The average molecular weight is 396 g/mol. The van der Waals surface area contributed by atoms with Gasteiger partial charge < -0.3 is 10.2 Å². The maximum atomic E-state index is 13.5. The zero-order chi connectivity index (χ0) is 20.5. The maximum Gasteiger partial charge on any atom is 0.325 e. The third-order valence-electron chi connectivity index (χ3n) is 4.76. The van der Waals surface area contributed by atoms with Crippen LogP contribution in [-0.2, 0) is 4.79 Å². The highest BCUT2D eigenvalue weighted by molar-refractivity contribution is 6.03. The van der Waals surface area contributed by atoms with Gasteiger partial charge in [0.25, 0.3) is 0 Å². The number of amides is 3. The van der Waals surface area contributed by atoms with Gasteiger partial charge in [0.1, 0.15) is 6.54 Å². The van der Waals surface area contributed by atoms with E-state index in [1.54, 1.807) is 6.07 Å². The standard InChI is InChI=1S/C21H18F2N4O2/c1-13-10-19(15-4-2-3-5-18(15)24-13)25-20(28)12-26-8-9-27(21(26)29)14-6-7-16(22)17(23)11-14/h2-7,10-11H,8-9,12H2,1H3,(H,24,25,28). The number of hydrogen-bond donors (Lipinski definition) is 1. The van der Waals surface area contributed by atoms with E-state index >= 15 is 0 Å². The number of nitrogens with one attached hydrogen (secondary N) is 1. The second-order valence-electron chi connectivity index (χ2n) is 6.83. The van der Waals surface area contributed by atoms with E-state index in [-0.39, 0.29) is 24.7 Å². The summed E-state index contributed by atoms with van der Waals surface area (Å²) in [4.78, 5) is 32.3. The minimum atomic E-state index is -1.02. The van der Waals surface area contributed by atoms with Crippen molar-refractivity contribution in [3.05, 3.63) is 65.9 Å². The second kappa shape index (κ2) is 7.46. The van der Waals surface area contributed by atoms with Gasteiger partial charge in [0, 0.05) is 35.9 Å². The molecule has 2 heterocycles. The SMILES string of the molecule is Cc1cc(NC(=O)CN2CCN(c3ccc(F)c(F)c3)C2=O)c2ccccc2n1. The van der Waals surface area contributed by atoms with Crippen LogP contribution >= 0.6 is 0 Å². The fraction of sp³-hybridized carbons (Fsp3) is 0.190. The van der Waals surface area contributed by atoms with E-state index in [4.69, 9.17) is 0 Å². The Labute approximate surface area is 165 Å². The monoisotopic (exact) mass is 396 g/mol. The van der Waals surface area contributed by atoms with E-state index in [9.17, 15) is 18.4 Å². The summed E-state index contributed by atoms with van der Waals surface area (Å²) in [6.45, 7) is 2.29. The summed E-state index contributed by atoms with van der Waals surface area (Å²) in [5, 5.41) is 3.65. The molecular weight excluding hydrogens is 378 g/mol. The lowest BCUT2D eigenvalue weighted by Gasteiger charge is -2.19. The Kier molecular flexibility index (Phi) is 4.84. The highest BCUT2D eigenvalue weighted by Crippen LogP contribution is 2.24. The zero-order valence-electron chi connectivity index (χ0n) is 15.7. The molecule has 4 rings (SSSR count). The Bertz CT molecular complexity index is 1120. The highest BCUT2D eigenvalue weighted by Gasteiger charge is 2.31. The molecule has 3 amide bonds. The zero-order valence-corrected chi connectivity index (χ0v) is 15.7. The molecule has 1 aliphatic heterocycles. The smallest absolute Gasteiger partial charge is 0.324 e. The van der Waals surface area contributed by atoms with Gasteiger partial charge in [-0.1, -0.05) is 18.2 Å². The second-order valence-corrected chi connectivity index (χ2v) is 6.83. The van der Waals surface area contributed by atoms with Crippen LogP contribution < -0.4 is 10.2 Å². The Morgan fingerprint density at radius 1 is 1.10 bits per heavy atom. The minimum Gasteiger partial charge on any atom is -0.324 e. The molecule has 0 spiro atoms. The van der Waals surface area contributed by atoms with Crippen molar-refractivity contribution < 1.29 is 18.4 Å². The first kappa shape index (κ1) is 18.8. The first-order chi connectivity index (χ1) is 13.9. The number of pyridine rings is 1. The highest BCUT2D eigenvalue weighted by atomic mass is 19.2. The van der Waals surface area contributed by atoms with Gasteiger partial charge in [0.05, 0.1) is 11.2 Å². The molecule has 8 heteroatoms. The van der Waals surface area contributed by atoms with E-state index in [0.717, 1.165) is 28.7 Å². The number of para-hydroxylation sites is 1. The summed E-state index contributed by atoms with van der Waals surface area (Å²) < 4.78 is 26.6. The molecule has 0 aliphatic carbocycles. The van der Waals surface area contributed by atoms with Crippen molar-refractivity contribution in [3.8, 4) is 0 Å². The number of nitrogens with zero attached hydrogens (tertiary/aromatic N) is 3. The number of halogens is 2. The van der Waals surface area contributed by atoms with Gasteiger partial charge >= 0.3 is 6.03 Å². The van der Waals surface area contributed by atoms with Crippen molar-refractivity contribution in [2.45, 2.75) is 6.92 Å². The number of rotatable bonds is 4. The molecule has 1 fully saturated rings. The molecular formula is C21H18F2N4O2. The molecule has 3 aromatic rings. The number of benzene rings is 2. The Morgan fingerprint density at radius 2 is 1.90 bits per heavy atom. The summed E-state index contributed by atoms with van der Waals surface area (Å²) in [6.07, 6.45) is 0. The number of urea groups is 1. The summed E-state index contributed by atoms with van der Waals surface area (Å²) >= 11 is 0. The molecule has 29 heavy (non-hydrogen) atoms. The average Bonchev–Trinajstić information content (AvgIpc) is 3.04. The van der Waals surface area contributed by atoms with Gasteiger partial charge in [-0.2, -0.15) is 0 Å². The molecule has 1 N–H and O–H groups in total. The molecule has 0 bridgehead atoms. The normalized spacial score (nSPS) is 14.0. The van der Waals surface area contributed by atoms with Crippen molar-refractivity contribution in [2.24, 2.45) is 0 Å². The van der Waals surface area contributed by atoms with Crippen molar-refractivity contribution >= 4 is 34.2 Å². The lowest BCUT2D eigenvalue weighted by Crippen LogP contribution is -2.37. The van der Waals surface area contributed by atoms with Crippen LogP contribution in [0.25, 0.3) is 10.9 Å². The van der Waals surface area contributed by atoms with Gasteiger partial charge in [-0.25, -0.2) is 13.6 Å². The maximum absolute atomic E-state index is 13.5. The number of carbonyl (C=O) groups excluding carboxylic acids is 2. The van der Waals surface area contributed by atoms with E-state index in [0.29, 0.717) is 12.2 Å². The Balaban J connectivity index is 1.47. The van der Waals surface area contributed by atoms with Gasteiger partial charge in [0.2, 0.25) is 5.91 Å². The van der Waals surface area contributed by atoms with Crippen LogP contribution in [0.3, 0.4) is 0 Å². The minimum absolute atomic E-state index is 0.144. The van der Waals surface area contributed by atoms with Crippen molar-refractivity contribution in [1.29, 1.82) is 0 Å². The van der Waals surface area contributed by atoms with Crippen LogP contribution in [0.1, 0.15) is 5.69 Å². The molecule has 6 nitrogen and oxygen atoms in total. The quantitative estimate of drug-likeness (QED) is 0.731. The van der Waals surface area contributed by atoms with Gasteiger partial charge in [-0.15, -0.1) is 0 Å². The summed E-state index contributed by atoms with van der Waals surface area (Å²) in [7, 11) is 0.